The fourth-order valence-electron chi connectivity index (χ4n) is 1.90. The number of halogens is 3. The SMILES string of the molecule is C=C/C(=C\C=C(/C)C(F)(F)F)c1ncn(S(=O)(=O)c2ccc(OC)cc2)n1. The molecule has 10 heteroatoms. The Balaban J connectivity index is 2.37. The highest BCUT2D eigenvalue weighted by atomic mass is 32.2. The average molecular weight is 399 g/mol. The number of nitrogens with zero attached hydrogens (tertiary/aromatic N) is 3. The van der Waals surface area contributed by atoms with Gasteiger partial charge in [-0.05, 0) is 31.2 Å². The third-order valence-corrected chi connectivity index (χ3v) is 5.05. The second kappa shape index (κ2) is 7.78. The van der Waals surface area contributed by atoms with Gasteiger partial charge in [-0.2, -0.15) is 21.6 Å². The van der Waals surface area contributed by atoms with Crippen LogP contribution in [0.15, 0.2) is 65.9 Å². The van der Waals surface area contributed by atoms with Gasteiger partial charge in [0.15, 0.2) is 5.82 Å². The molecule has 2 rings (SSSR count). The third kappa shape index (κ3) is 4.64. The van der Waals surface area contributed by atoms with Crippen molar-refractivity contribution in [3.8, 4) is 5.75 Å². The second-order valence-electron chi connectivity index (χ2n) is 5.29. The van der Waals surface area contributed by atoms with Crippen LogP contribution in [0.1, 0.15) is 12.7 Å². The Bertz CT molecular complexity index is 988. The summed E-state index contributed by atoms with van der Waals surface area (Å²) in [4.78, 5) is 3.81. The van der Waals surface area contributed by atoms with Crippen molar-refractivity contribution in [2.75, 3.05) is 7.11 Å². The molecule has 6 nitrogen and oxygen atoms in total. The van der Waals surface area contributed by atoms with E-state index >= 15 is 0 Å². The van der Waals surface area contributed by atoms with Gasteiger partial charge in [-0.25, -0.2) is 4.98 Å². The maximum absolute atomic E-state index is 12.6. The maximum Gasteiger partial charge on any atom is 0.412 e. The second-order valence-corrected chi connectivity index (χ2v) is 7.09. The lowest BCUT2D eigenvalue weighted by Gasteiger charge is -2.05. The van der Waals surface area contributed by atoms with E-state index in [4.69, 9.17) is 4.74 Å². The number of allylic oxidation sites excluding steroid dienone is 5. The molecule has 0 fully saturated rings. The van der Waals surface area contributed by atoms with Crippen LogP contribution in [-0.2, 0) is 10.0 Å². The molecule has 1 heterocycles. The molecule has 0 atom stereocenters. The van der Waals surface area contributed by atoms with Gasteiger partial charge in [-0.1, -0.05) is 24.8 Å². The Kier molecular flexibility index (Phi) is 5.89. The highest BCUT2D eigenvalue weighted by molar-refractivity contribution is 7.89. The van der Waals surface area contributed by atoms with Crippen molar-refractivity contribution >= 4 is 15.6 Å². The number of alkyl halides is 3. The predicted molar refractivity (Wildman–Crippen MR) is 93.6 cm³/mol. The van der Waals surface area contributed by atoms with Crippen molar-refractivity contribution in [3.05, 3.63) is 66.8 Å². The monoisotopic (exact) mass is 399 g/mol. The number of rotatable bonds is 6. The molecular weight excluding hydrogens is 383 g/mol. The predicted octanol–water partition coefficient (Wildman–Crippen LogP) is 3.60. The number of methoxy groups -OCH3 is 1. The smallest absolute Gasteiger partial charge is 0.412 e. The summed E-state index contributed by atoms with van der Waals surface area (Å²) in [6.45, 7) is 4.41. The zero-order valence-corrected chi connectivity index (χ0v) is 15.3. The topological polar surface area (TPSA) is 74.1 Å². The van der Waals surface area contributed by atoms with E-state index in [1.165, 1.54) is 37.5 Å². The first-order chi connectivity index (χ1) is 12.6. The van der Waals surface area contributed by atoms with E-state index in [1.54, 1.807) is 0 Å². The van der Waals surface area contributed by atoms with E-state index in [-0.39, 0.29) is 16.3 Å². The summed E-state index contributed by atoms with van der Waals surface area (Å²) in [7, 11) is -2.56. The van der Waals surface area contributed by atoms with Gasteiger partial charge < -0.3 is 4.74 Å². The molecule has 2 aromatic rings. The molecule has 144 valence electrons. The van der Waals surface area contributed by atoms with Crippen LogP contribution in [0.3, 0.4) is 0 Å². The molecular formula is C17H16F3N3O3S. The molecule has 0 aliphatic carbocycles. The quantitative estimate of drug-likeness (QED) is 0.694. The summed E-state index contributed by atoms with van der Waals surface area (Å²) in [5.41, 5.74) is -0.686. The molecule has 0 saturated carbocycles. The first-order valence-electron chi connectivity index (χ1n) is 7.49. The average Bonchev–Trinajstić information content (AvgIpc) is 3.12. The van der Waals surface area contributed by atoms with Crippen molar-refractivity contribution < 1.29 is 26.3 Å². The van der Waals surface area contributed by atoms with Crippen molar-refractivity contribution in [1.29, 1.82) is 0 Å². The van der Waals surface area contributed by atoms with Gasteiger partial charge in [0.1, 0.15) is 12.1 Å². The van der Waals surface area contributed by atoms with Crippen molar-refractivity contribution in [3.63, 3.8) is 0 Å². The fourth-order valence-corrected chi connectivity index (χ4v) is 2.95. The van der Waals surface area contributed by atoms with Crippen molar-refractivity contribution in [2.24, 2.45) is 0 Å². The van der Waals surface area contributed by atoms with Gasteiger partial charge in [-0.3, -0.25) is 0 Å². The fraction of sp³-hybridized carbons (Fsp3) is 0.176. The Hall–Kier alpha value is -2.88. The molecule has 0 spiro atoms. The number of ether oxygens (including phenoxy) is 1. The molecule has 0 bridgehead atoms. The zero-order chi connectivity index (χ0) is 20.2. The molecule has 0 aliphatic heterocycles. The molecule has 27 heavy (non-hydrogen) atoms. The van der Waals surface area contributed by atoms with Crippen LogP contribution in [-0.4, -0.2) is 35.9 Å². The summed E-state index contributed by atoms with van der Waals surface area (Å²) in [6, 6.07) is 5.64. The summed E-state index contributed by atoms with van der Waals surface area (Å²) in [5, 5.41) is 3.85. The van der Waals surface area contributed by atoms with Crippen LogP contribution in [0.5, 0.6) is 5.75 Å². The van der Waals surface area contributed by atoms with E-state index in [1.807, 2.05) is 0 Å². The molecule has 0 saturated heterocycles. The maximum atomic E-state index is 12.6. The Labute approximate surface area is 154 Å². The van der Waals surface area contributed by atoms with E-state index in [0.717, 1.165) is 25.4 Å². The van der Waals surface area contributed by atoms with Crippen LogP contribution in [0.4, 0.5) is 13.2 Å². The number of aromatic nitrogens is 3. The van der Waals surface area contributed by atoms with E-state index in [2.05, 4.69) is 16.7 Å². The van der Waals surface area contributed by atoms with Crippen LogP contribution < -0.4 is 4.74 Å². The minimum Gasteiger partial charge on any atom is -0.497 e. The van der Waals surface area contributed by atoms with E-state index in [9.17, 15) is 21.6 Å². The van der Waals surface area contributed by atoms with Crippen LogP contribution >= 0.6 is 0 Å². The zero-order valence-electron chi connectivity index (χ0n) is 14.4. The lowest BCUT2D eigenvalue weighted by molar-refractivity contribution is -0.0912. The minimum atomic E-state index is -4.47. The van der Waals surface area contributed by atoms with Crippen LogP contribution in [0, 0.1) is 0 Å². The Morgan fingerprint density at radius 2 is 1.85 bits per heavy atom. The molecule has 1 aromatic heterocycles. The number of hydrogen-bond donors (Lipinski definition) is 0. The number of benzene rings is 1. The molecule has 0 unspecified atom stereocenters. The largest absolute Gasteiger partial charge is 0.497 e. The standard InChI is InChI=1S/C17H16F3N3O3S/c1-4-13(6-5-12(2)17(18,19)20)16-21-11-23(22-16)27(24,25)15-9-7-14(26-3)8-10-15/h4-11H,1H2,2-3H3/b12-5+,13-6+. The van der Waals surface area contributed by atoms with Crippen LogP contribution in [0.25, 0.3) is 5.57 Å². The van der Waals surface area contributed by atoms with Crippen LogP contribution in [0.2, 0.25) is 0 Å². The first-order valence-corrected chi connectivity index (χ1v) is 8.93. The molecule has 0 radical (unpaired) electrons. The van der Waals surface area contributed by atoms with Gasteiger partial charge in [0.25, 0.3) is 10.0 Å². The summed E-state index contributed by atoms with van der Waals surface area (Å²) < 4.78 is 68.4. The summed E-state index contributed by atoms with van der Waals surface area (Å²) in [5.74, 6) is 0.408. The van der Waals surface area contributed by atoms with Gasteiger partial charge >= 0.3 is 6.18 Å². The molecule has 1 aromatic carbocycles. The lowest BCUT2D eigenvalue weighted by Crippen LogP contribution is -2.13. The van der Waals surface area contributed by atoms with Gasteiger partial charge in [0.2, 0.25) is 0 Å². The van der Waals surface area contributed by atoms with Gasteiger partial charge in [0.05, 0.1) is 12.0 Å². The van der Waals surface area contributed by atoms with E-state index in [0.29, 0.717) is 9.84 Å². The van der Waals surface area contributed by atoms with E-state index < -0.39 is 21.8 Å². The highest BCUT2D eigenvalue weighted by Crippen LogP contribution is 2.25. The van der Waals surface area contributed by atoms with Crippen molar-refractivity contribution in [1.82, 2.24) is 14.2 Å². The summed E-state index contributed by atoms with van der Waals surface area (Å²) >= 11 is 0. The molecule has 0 amide bonds. The Morgan fingerprint density at radius 3 is 2.37 bits per heavy atom. The first kappa shape index (κ1) is 20.4. The third-order valence-electron chi connectivity index (χ3n) is 3.51. The van der Waals surface area contributed by atoms with Gasteiger partial charge in [0, 0.05) is 11.1 Å². The highest BCUT2D eigenvalue weighted by Gasteiger charge is 2.29. The normalized spacial score (nSPS) is 13.5. The Morgan fingerprint density at radius 1 is 1.22 bits per heavy atom. The van der Waals surface area contributed by atoms with Gasteiger partial charge in [-0.15, -0.1) is 9.19 Å². The molecule has 0 N–H and O–H groups in total. The molecule has 0 aliphatic rings. The number of hydrogen-bond acceptors (Lipinski definition) is 5. The van der Waals surface area contributed by atoms with Crippen molar-refractivity contribution in [2.45, 2.75) is 18.0 Å². The summed E-state index contributed by atoms with van der Waals surface area (Å²) in [6.07, 6.45) is -0.301. The lowest BCUT2D eigenvalue weighted by atomic mass is 10.2. The minimum absolute atomic E-state index is 0.0447.